The minimum absolute atomic E-state index is 0.0373. The summed E-state index contributed by atoms with van der Waals surface area (Å²) in [4.78, 5) is 27.5. The van der Waals surface area contributed by atoms with Gasteiger partial charge in [-0.1, -0.05) is 31.8 Å². The van der Waals surface area contributed by atoms with Crippen molar-refractivity contribution in [2.75, 3.05) is 13.2 Å². The summed E-state index contributed by atoms with van der Waals surface area (Å²) in [5.74, 6) is -0.494. The van der Waals surface area contributed by atoms with Gasteiger partial charge in [0.25, 0.3) is 0 Å². The smallest absolute Gasteiger partial charge is 0.332 e. The zero-order chi connectivity index (χ0) is 27.3. The van der Waals surface area contributed by atoms with E-state index in [4.69, 9.17) is 14.5 Å². The van der Waals surface area contributed by atoms with Crippen LogP contribution in [0.3, 0.4) is 0 Å². The molecular formula is C27H28F2N6O3Si. The fraction of sp³-hybridized carbons (Fsp3) is 0.333. The standard InChI is InChI=1S/C27H28F2N6O3Si/c1-39(2,3)12-11-37-16-34-22-14-31-25(21-13-30-23-8-7-17(28)15-33(21)23)32-26(22)35(27(34)36)20-9-10-38-24-18(20)5-4-6-19(24)29/h4-8,13-15,20H,9-12,16H2,1-3H3/t20-/m1/s1. The van der Waals surface area contributed by atoms with Crippen molar-refractivity contribution in [1.29, 1.82) is 0 Å². The first-order chi connectivity index (χ1) is 18.7. The quantitative estimate of drug-likeness (QED) is 0.212. The number of ether oxygens (including phenoxy) is 2. The molecule has 202 valence electrons. The Morgan fingerprint density at radius 1 is 1.13 bits per heavy atom. The molecule has 6 rings (SSSR count). The van der Waals surface area contributed by atoms with Crippen LogP contribution in [0.1, 0.15) is 18.0 Å². The minimum atomic E-state index is -1.32. The Hall–Kier alpha value is -3.90. The lowest BCUT2D eigenvalue weighted by atomic mass is 10.00. The van der Waals surface area contributed by atoms with Crippen LogP contribution >= 0.6 is 0 Å². The molecule has 0 fully saturated rings. The first-order valence-corrected chi connectivity index (χ1v) is 16.5. The molecular weight excluding hydrogens is 522 g/mol. The first kappa shape index (κ1) is 25.4. The maximum atomic E-state index is 14.6. The minimum Gasteiger partial charge on any atom is -0.490 e. The van der Waals surface area contributed by atoms with Crippen LogP contribution in [0.2, 0.25) is 25.7 Å². The predicted octanol–water partition coefficient (Wildman–Crippen LogP) is 4.87. The molecule has 5 heterocycles. The molecule has 1 aliphatic heterocycles. The van der Waals surface area contributed by atoms with Gasteiger partial charge in [0.2, 0.25) is 0 Å². The van der Waals surface area contributed by atoms with Gasteiger partial charge in [-0.3, -0.25) is 13.5 Å². The van der Waals surface area contributed by atoms with E-state index >= 15 is 0 Å². The Kier molecular flexibility index (Phi) is 6.30. The Morgan fingerprint density at radius 2 is 1.97 bits per heavy atom. The number of halogens is 2. The number of imidazole rings is 2. The molecule has 9 nitrogen and oxygen atoms in total. The average molecular weight is 551 g/mol. The fourth-order valence-electron chi connectivity index (χ4n) is 4.88. The van der Waals surface area contributed by atoms with Crippen LogP contribution < -0.4 is 10.4 Å². The van der Waals surface area contributed by atoms with Crippen LogP contribution in [-0.4, -0.2) is 49.8 Å². The second-order valence-electron chi connectivity index (χ2n) is 10.9. The molecule has 4 aromatic heterocycles. The van der Waals surface area contributed by atoms with Gasteiger partial charge < -0.3 is 9.47 Å². The van der Waals surface area contributed by atoms with Gasteiger partial charge in [-0.05, 0) is 24.2 Å². The van der Waals surface area contributed by atoms with Gasteiger partial charge in [0, 0.05) is 32.9 Å². The normalized spacial score (nSPS) is 15.6. The molecule has 1 aliphatic rings. The van der Waals surface area contributed by atoms with E-state index in [0.717, 1.165) is 6.04 Å². The monoisotopic (exact) mass is 550 g/mol. The van der Waals surface area contributed by atoms with Crippen molar-refractivity contribution in [2.24, 2.45) is 0 Å². The van der Waals surface area contributed by atoms with E-state index in [2.05, 4.69) is 29.6 Å². The van der Waals surface area contributed by atoms with Crippen molar-refractivity contribution in [1.82, 2.24) is 28.5 Å². The molecule has 0 spiro atoms. The van der Waals surface area contributed by atoms with Gasteiger partial charge in [0.1, 0.15) is 29.4 Å². The molecule has 0 saturated carbocycles. The Bertz CT molecular complexity index is 1760. The molecule has 0 unspecified atom stereocenters. The Labute approximate surface area is 223 Å². The maximum Gasteiger partial charge on any atom is 0.332 e. The van der Waals surface area contributed by atoms with Gasteiger partial charge in [-0.2, -0.15) is 0 Å². The molecule has 39 heavy (non-hydrogen) atoms. The number of hydrogen-bond donors (Lipinski definition) is 0. The first-order valence-electron chi connectivity index (χ1n) is 12.8. The second-order valence-corrected chi connectivity index (χ2v) is 16.5. The summed E-state index contributed by atoms with van der Waals surface area (Å²) in [5, 5.41) is 0. The van der Waals surface area contributed by atoms with Crippen molar-refractivity contribution in [3.8, 4) is 17.3 Å². The molecule has 0 aliphatic carbocycles. The lowest BCUT2D eigenvalue weighted by molar-refractivity contribution is 0.0868. The van der Waals surface area contributed by atoms with Crippen LogP contribution in [0.15, 0.2) is 53.7 Å². The topological polar surface area (TPSA) is 88.5 Å². The van der Waals surface area contributed by atoms with Crippen LogP contribution in [0, 0.1) is 11.6 Å². The van der Waals surface area contributed by atoms with Crippen molar-refractivity contribution in [2.45, 2.75) is 44.9 Å². The van der Waals surface area contributed by atoms with Crippen molar-refractivity contribution >= 4 is 24.9 Å². The van der Waals surface area contributed by atoms with Gasteiger partial charge >= 0.3 is 5.69 Å². The number of hydrogen-bond acceptors (Lipinski definition) is 6. The summed E-state index contributed by atoms with van der Waals surface area (Å²) in [7, 11) is -1.32. The highest BCUT2D eigenvalue weighted by Gasteiger charge is 2.30. The van der Waals surface area contributed by atoms with Gasteiger partial charge in [-0.25, -0.2) is 28.5 Å². The van der Waals surface area contributed by atoms with E-state index in [0.29, 0.717) is 41.1 Å². The highest BCUT2D eigenvalue weighted by molar-refractivity contribution is 6.76. The van der Waals surface area contributed by atoms with Crippen LogP contribution in [-0.2, 0) is 11.5 Å². The summed E-state index contributed by atoms with van der Waals surface area (Å²) in [6, 6.07) is 8.05. The number of aromatic nitrogens is 6. The molecule has 0 radical (unpaired) electrons. The van der Waals surface area contributed by atoms with E-state index in [9.17, 15) is 13.6 Å². The molecule has 1 atom stereocenters. The number of para-hydroxylation sites is 1. The summed E-state index contributed by atoms with van der Waals surface area (Å²) in [5.41, 5.74) is 2.10. The van der Waals surface area contributed by atoms with E-state index < -0.39 is 25.8 Å². The van der Waals surface area contributed by atoms with Gasteiger partial charge in [0.15, 0.2) is 23.0 Å². The molecule has 12 heteroatoms. The number of fused-ring (bicyclic) bond motifs is 3. The second kappa shape index (κ2) is 9.69. The zero-order valence-corrected chi connectivity index (χ0v) is 22.9. The van der Waals surface area contributed by atoms with E-state index in [1.54, 1.807) is 39.6 Å². The number of pyridine rings is 1. The van der Waals surface area contributed by atoms with Crippen LogP contribution in [0.5, 0.6) is 5.75 Å². The van der Waals surface area contributed by atoms with Crippen molar-refractivity contribution in [3.05, 3.63) is 76.6 Å². The lowest BCUT2D eigenvalue weighted by Crippen LogP contribution is -2.32. The average Bonchev–Trinajstić information content (AvgIpc) is 3.43. The predicted molar refractivity (Wildman–Crippen MR) is 145 cm³/mol. The number of rotatable bonds is 7. The van der Waals surface area contributed by atoms with Crippen molar-refractivity contribution in [3.63, 3.8) is 0 Å². The van der Waals surface area contributed by atoms with Gasteiger partial charge in [-0.15, -0.1) is 0 Å². The summed E-state index contributed by atoms with van der Waals surface area (Å²) in [6.07, 6.45) is 4.90. The molecule has 1 aromatic carbocycles. The molecule has 5 aromatic rings. The largest absolute Gasteiger partial charge is 0.490 e. The van der Waals surface area contributed by atoms with Crippen molar-refractivity contribution < 1.29 is 18.3 Å². The zero-order valence-electron chi connectivity index (χ0n) is 21.9. The van der Waals surface area contributed by atoms with Gasteiger partial charge in [0.05, 0.1) is 25.0 Å². The Morgan fingerprint density at radius 3 is 2.79 bits per heavy atom. The summed E-state index contributed by atoms with van der Waals surface area (Å²) < 4.78 is 44.8. The van der Waals surface area contributed by atoms with E-state index in [-0.39, 0.29) is 30.6 Å². The number of nitrogens with zero attached hydrogens (tertiary/aromatic N) is 6. The molecule has 0 bridgehead atoms. The van der Waals surface area contributed by atoms with E-state index in [1.807, 2.05) is 0 Å². The lowest BCUT2D eigenvalue weighted by Gasteiger charge is -2.26. The molecule has 0 N–H and O–H groups in total. The highest BCUT2D eigenvalue weighted by atomic mass is 28.3. The third kappa shape index (κ3) is 4.63. The van der Waals surface area contributed by atoms with Crippen LogP contribution in [0.4, 0.5) is 8.78 Å². The highest BCUT2D eigenvalue weighted by Crippen LogP contribution is 2.37. The maximum absolute atomic E-state index is 14.6. The summed E-state index contributed by atoms with van der Waals surface area (Å²) in [6.45, 7) is 7.60. The third-order valence-electron chi connectivity index (χ3n) is 6.93. The molecule has 0 amide bonds. The SMILES string of the molecule is C[Si](C)(C)CCOCn1c(=O)n([C@@H]2CCOc3c(F)cccc32)c2nc(-c3cnc4ccc(F)cn34)ncc21. The van der Waals surface area contributed by atoms with E-state index in [1.165, 1.54) is 22.9 Å². The van der Waals surface area contributed by atoms with Crippen LogP contribution in [0.25, 0.3) is 28.3 Å². The third-order valence-corrected chi connectivity index (χ3v) is 8.63. The number of benzene rings is 1. The fourth-order valence-corrected chi connectivity index (χ4v) is 5.63. The Balaban J connectivity index is 1.50. The summed E-state index contributed by atoms with van der Waals surface area (Å²) >= 11 is 0. The molecule has 0 saturated heterocycles.